The molecule has 1 heterocycles. The fraction of sp³-hybridized carbons (Fsp3) is 0.235. The monoisotopic (exact) mass is 349 g/mol. The quantitative estimate of drug-likeness (QED) is 0.658. The molecule has 0 aliphatic heterocycles. The Hall–Kier alpha value is -2.54. The summed E-state index contributed by atoms with van der Waals surface area (Å²) in [6, 6.07) is 5.51. The average molecular weight is 349 g/mol. The fourth-order valence-electron chi connectivity index (χ4n) is 2.20. The summed E-state index contributed by atoms with van der Waals surface area (Å²) in [5.74, 6) is -2.24. The number of esters is 1. The Kier molecular flexibility index (Phi) is 5.46. The lowest BCUT2D eigenvalue weighted by atomic mass is 10.1. The normalized spacial score (nSPS) is 10.3. The second-order valence-corrected chi connectivity index (χ2v) is 5.99. The van der Waals surface area contributed by atoms with Crippen LogP contribution in [0.2, 0.25) is 0 Å². The van der Waals surface area contributed by atoms with E-state index in [-0.39, 0.29) is 28.5 Å². The lowest BCUT2D eigenvalue weighted by molar-refractivity contribution is 0.0527. The van der Waals surface area contributed by atoms with Gasteiger partial charge in [-0.25, -0.2) is 9.18 Å². The van der Waals surface area contributed by atoms with Crippen LogP contribution < -0.4 is 5.32 Å². The highest BCUT2D eigenvalue weighted by Crippen LogP contribution is 2.34. The van der Waals surface area contributed by atoms with E-state index in [0.29, 0.717) is 10.4 Å². The van der Waals surface area contributed by atoms with E-state index in [1.807, 2.05) is 0 Å². The number of Topliss-reactive ketones (excluding diaryl/α,β-unsaturated/α-hetero) is 1. The smallest absolute Gasteiger partial charge is 0.341 e. The molecule has 1 aromatic carbocycles. The molecule has 24 heavy (non-hydrogen) atoms. The number of carbonyl (C=O) groups is 3. The zero-order valence-electron chi connectivity index (χ0n) is 13.4. The number of amides is 1. The molecular weight excluding hydrogens is 333 g/mol. The van der Waals surface area contributed by atoms with Gasteiger partial charge in [-0.05, 0) is 38.5 Å². The van der Waals surface area contributed by atoms with Crippen molar-refractivity contribution in [2.24, 2.45) is 0 Å². The number of nitrogens with one attached hydrogen (secondary N) is 1. The molecule has 0 unspecified atom stereocenters. The minimum absolute atomic E-state index is 0.122. The first-order valence-electron chi connectivity index (χ1n) is 7.24. The van der Waals surface area contributed by atoms with E-state index >= 15 is 0 Å². The van der Waals surface area contributed by atoms with E-state index < -0.39 is 17.7 Å². The van der Waals surface area contributed by atoms with Gasteiger partial charge in [0.15, 0.2) is 5.78 Å². The van der Waals surface area contributed by atoms with Gasteiger partial charge < -0.3 is 10.1 Å². The largest absolute Gasteiger partial charge is 0.462 e. The average Bonchev–Trinajstić information content (AvgIpc) is 2.84. The van der Waals surface area contributed by atoms with Crippen molar-refractivity contribution in [2.45, 2.75) is 20.8 Å². The Morgan fingerprint density at radius 2 is 1.92 bits per heavy atom. The van der Waals surface area contributed by atoms with Crippen molar-refractivity contribution in [1.29, 1.82) is 0 Å². The van der Waals surface area contributed by atoms with Crippen LogP contribution in [0.4, 0.5) is 9.39 Å². The second-order valence-electron chi connectivity index (χ2n) is 4.97. The van der Waals surface area contributed by atoms with Gasteiger partial charge in [-0.3, -0.25) is 9.59 Å². The third-order valence-electron chi connectivity index (χ3n) is 3.29. The molecule has 1 aromatic heterocycles. The molecule has 0 bridgehead atoms. The Morgan fingerprint density at radius 3 is 2.50 bits per heavy atom. The highest BCUT2D eigenvalue weighted by Gasteiger charge is 2.26. The number of rotatable bonds is 5. The van der Waals surface area contributed by atoms with Crippen LogP contribution in [-0.4, -0.2) is 24.3 Å². The molecular formula is C17H16FNO4S. The molecule has 2 rings (SSSR count). The highest BCUT2D eigenvalue weighted by molar-refractivity contribution is 7.18. The maximum absolute atomic E-state index is 13.7. The summed E-state index contributed by atoms with van der Waals surface area (Å²) in [5.41, 5.74) is 0.411. The van der Waals surface area contributed by atoms with Gasteiger partial charge in [-0.1, -0.05) is 12.1 Å². The van der Waals surface area contributed by atoms with Gasteiger partial charge in [0, 0.05) is 0 Å². The second kappa shape index (κ2) is 7.35. The fourth-order valence-corrected chi connectivity index (χ4v) is 3.29. The van der Waals surface area contributed by atoms with Gasteiger partial charge in [0.1, 0.15) is 10.8 Å². The third kappa shape index (κ3) is 3.51. The zero-order valence-corrected chi connectivity index (χ0v) is 14.3. The van der Waals surface area contributed by atoms with Gasteiger partial charge in [0.05, 0.1) is 22.6 Å². The topological polar surface area (TPSA) is 72.5 Å². The molecule has 7 heteroatoms. The van der Waals surface area contributed by atoms with E-state index in [9.17, 15) is 18.8 Å². The van der Waals surface area contributed by atoms with Crippen molar-refractivity contribution in [3.8, 4) is 0 Å². The van der Waals surface area contributed by atoms with Crippen LogP contribution in [0, 0.1) is 12.7 Å². The van der Waals surface area contributed by atoms with Crippen LogP contribution in [0.1, 0.15) is 49.8 Å². The number of hydrogen-bond donors (Lipinski definition) is 1. The number of ether oxygens (including phenoxy) is 1. The van der Waals surface area contributed by atoms with Crippen molar-refractivity contribution >= 4 is 34.0 Å². The van der Waals surface area contributed by atoms with E-state index in [1.165, 1.54) is 31.2 Å². The van der Waals surface area contributed by atoms with E-state index in [0.717, 1.165) is 11.3 Å². The molecule has 1 N–H and O–H groups in total. The van der Waals surface area contributed by atoms with Gasteiger partial charge in [0.25, 0.3) is 5.91 Å². The van der Waals surface area contributed by atoms with Crippen LogP contribution in [0.3, 0.4) is 0 Å². The zero-order chi connectivity index (χ0) is 17.9. The first-order valence-corrected chi connectivity index (χ1v) is 8.05. The number of hydrogen-bond acceptors (Lipinski definition) is 5. The number of halogens is 1. The highest BCUT2D eigenvalue weighted by atomic mass is 32.1. The lowest BCUT2D eigenvalue weighted by Gasteiger charge is -2.07. The summed E-state index contributed by atoms with van der Waals surface area (Å²) in [5, 5.41) is 2.68. The predicted molar refractivity (Wildman–Crippen MR) is 89.4 cm³/mol. The summed E-state index contributed by atoms with van der Waals surface area (Å²) < 4.78 is 18.7. The Morgan fingerprint density at radius 1 is 1.25 bits per heavy atom. The number of ketones is 1. The van der Waals surface area contributed by atoms with Gasteiger partial charge in [0.2, 0.25) is 0 Å². The summed E-state index contributed by atoms with van der Waals surface area (Å²) in [6.45, 7) is 4.79. The Bertz CT molecular complexity index is 813. The molecule has 126 valence electrons. The molecule has 5 nitrogen and oxygen atoms in total. The SMILES string of the molecule is CCOC(=O)c1c(NC(=O)c2ccccc2F)sc(C(C)=O)c1C. The number of carbonyl (C=O) groups excluding carboxylic acids is 3. The number of benzene rings is 1. The van der Waals surface area contributed by atoms with Crippen LogP contribution >= 0.6 is 11.3 Å². The molecule has 2 aromatic rings. The molecule has 0 spiro atoms. The molecule has 0 aliphatic carbocycles. The van der Waals surface area contributed by atoms with Gasteiger partial charge in [-0.15, -0.1) is 11.3 Å². The predicted octanol–water partition coefficient (Wildman–Crippen LogP) is 3.83. The maximum atomic E-state index is 13.7. The van der Waals surface area contributed by atoms with E-state index in [2.05, 4.69) is 5.32 Å². The molecule has 0 saturated carbocycles. The van der Waals surface area contributed by atoms with E-state index in [1.54, 1.807) is 13.8 Å². The van der Waals surface area contributed by atoms with Crippen LogP contribution in [-0.2, 0) is 4.74 Å². The van der Waals surface area contributed by atoms with Gasteiger partial charge >= 0.3 is 5.97 Å². The lowest BCUT2D eigenvalue weighted by Crippen LogP contribution is -2.16. The molecule has 1 amide bonds. The standard InChI is InChI=1S/C17H16FNO4S/c1-4-23-17(22)13-9(2)14(10(3)20)24-16(13)19-15(21)11-7-5-6-8-12(11)18/h5-8H,4H2,1-3H3,(H,19,21). The Balaban J connectivity index is 2.44. The molecule has 0 saturated heterocycles. The minimum atomic E-state index is -0.699. The molecule has 0 fully saturated rings. The van der Waals surface area contributed by atoms with Crippen molar-refractivity contribution in [1.82, 2.24) is 0 Å². The van der Waals surface area contributed by atoms with Gasteiger partial charge in [-0.2, -0.15) is 0 Å². The number of thiophene rings is 1. The first-order chi connectivity index (χ1) is 11.4. The van der Waals surface area contributed by atoms with Crippen LogP contribution in [0.15, 0.2) is 24.3 Å². The van der Waals surface area contributed by atoms with E-state index in [4.69, 9.17) is 4.74 Å². The minimum Gasteiger partial charge on any atom is -0.462 e. The van der Waals surface area contributed by atoms with Crippen molar-refractivity contribution in [3.05, 3.63) is 51.7 Å². The first kappa shape index (κ1) is 17.8. The van der Waals surface area contributed by atoms with Crippen molar-refractivity contribution in [3.63, 3.8) is 0 Å². The maximum Gasteiger partial charge on any atom is 0.341 e. The van der Waals surface area contributed by atoms with Crippen molar-refractivity contribution < 1.29 is 23.5 Å². The van der Waals surface area contributed by atoms with Crippen molar-refractivity contribution in [2.75, 3.05) is 11.9 Å². The van der Waals surface area contributed by atoms with Crippen LogP contribution in [0.25, 0.3) is 0 Å². The summed E-state index contributed by atoms with van der Waals surface area (Å²) in [7, 11) is 0. The number of anilines is 1. The molecule has 0 aliphatic rings. The Labute approximate surface area is 142 Å². The molecule has 0 atom stereocenters. The summed E-state index contributed by atoms with van der Waals surface area (Å²) in [6.07, 6.45) is 0. The van der Waals surface area contributed by atoms with Crippen LogP contribution in [0.5, 0.6) is 0 Å². The summed E-state index contributed by atoms with van der Waals surface area (Å²) >= 11 is 0.972. The third-order valence-corrected chi connectivity index (χ3v) is 4.60. The summed E-state index contributed by atoms with van der Waals surface area (Å²) in [4.78, 5) is 36.5. The molecule has 0 radical (unpaired) electrons.